The molecule has 0 heterocycles. The number of rotatable bonds is 3. The first-order valence-electron chi connectivity index (χ1n) is 5.19. The fourth-order valence-corrected chi connectivity index (χ4v) is 2.85. The van der Waals surface area contributed by atoms with Gasteiger partial charge in [0, 0.05) is 29.2 Å². The molecule has 0 radical (unpaired) electrons. The summed E-state index contributed by atoms with van der Waals surface area (Å²) in [6.07, 6.45) is 0. The number of nitrogens with one attached hydrogen (secondary N) is 1. The molecular formula is C13H9Br3IN. The van der Waals surface area contributed by atoms with Crippen LogP contribution >= 0.6 is 70.4 Å². The van der Waals surface area contributed by atoms with E-state index in [4.69, 9.17) is 0 Å². The van der Waals surface area contributed by atoms with Crippen molar-refractivity contribution in [2.24, 2.45) is 0 Å². The van der Waals surface area contributed by atoms with E-state index in [1.807, 2.05) is 6.07 Å². The predicted molar refractivity (Wildman–Crippen MR) is 96.0 cm³/mol. The van der Waals surface area contributed by atoms with Crippen LogP contribution < -0.4 is 5.32 Å². The highest BCUT2D eigenvalue weighted by Crippen LogP contribution is 2.25. The molecule has 0 atom stereocenters. The first kappa shape index (κ1) is 14.8. The van der Waals surface area contributed by atoms with E-state index in [9.17, 15) is 0 Å². The van der Waals surface area contributed by atoms with Crippen molar-refractivity contribution >= 4 is 76.1 Å². The summed E-state index contributed by atoms with van der Waals surface area (Å²) in [7, 11) is 0. The molecule has 5 heteroatoms. The Morgan fingerprint density at radius 1 is 0.889 bits per heavy atom. The topological polar surface area (TPSA) is 12.0 Å². The highest BCUT2D eigenvalue weighted by molar-refractivity contribution is 14.1. The third-order valence-corrected chi connectivity index (χ3v) is 6.62. The van der Waals surface area contributed by atoms with Gasteiger partial charge in [0.05, 0.1) is 0 Å². The molecule has 0 spiro atoms. The van der Waals surface area contributed by atoms with Crippen molar-refractivity contribution in [1.82, 2.24) is 0 Å². The molecule has 0 saturated heterocycles. The molecular weight excluding hydrogens is 537 g/mol. The second kappa shape index (κ2) is 6.72. The maximum absolute atomic E-state index is 3.53. The third-order valence-electron chi connectivity index (χ3n) is 2.40. The van der Waals surface area contributed by atoms with E-state index in [0.717, 1.165) is 25.7 Å². The minimum absolute atomic E-state index is 0.804. The Kier molecular flexibility index (Phi) is 5.53. The van der Waals surface area contributed by atoms with E-state index in [1.165, 1.54) is 9.13 Å². The first-order valence-corrected chi connectivity index (χ1v) is 8.65. The minimum atomic E-state index is 0.804. The lowest BCUT2D eigenvalue weighted by Gasteiger charge is -2.08. The van der Waals surface area contributed by atoms with Crippen molar-refractivity contribution in [3.63, 3.8) is 0 Å². The van der Waals surface area contributed by atoms with Gasteiger partial charge in [0.1, 0.15) is 0 Å². The first-order chi connectivity index (χ1) is 8.56. The zero-order valence-electron chi connectivity index (χ0n) is 9.18. The quantitative estimate of drug-likeness (QED) is 0.454. The number of hydrogen-bond acceptors (Lipinski definition) is 1. The van der Waals surface area contributed by atoms with Gasteiger partial charge in [-0.1, -0.05) is 6.07 Å². The Hall–Kier alpha value is 0.410. The number of anilines is 1. The Morgan fingerprint density at radius 2 is 1.67 bits per heavy atom. The van der Waals surface area contributed by atoms with Gasteiger partial charge in [-0.2, -0.15) is 0 Å². The molecule has 18 heavy (non-hydrogen) atoms. The smallest absolute Gasteiger partial charge is 0.0401 e. The van der Waals surface area contributed by atoms with Crippen LogP contribution in [0.15, 0.2) is 49.8 Å². The molecule has 0 unspecified atom stereocenters. The highest BCUT2D eigenvalue weighted by atomic mass is 127. The fourth-order valence-electron chi connectivity index (χ4n) is 1.46. The molecule has 0 aliphatic heterocycles. The van der Waals surface area contributed by atoms with Crippen molar-refractivity contribution in [3.05, 3.63) is 58.9 Å². The van der Waals surface area contributed by atoms with Gasteiger partial charge in [0.15, 0.2) is 0 Å². The standard InChI is InChI=1S/C13H9Br3IN/c14-10-3-1-8(5-11(10)15)7-18-9-2-4-13(17)12(16)6-9/h1-6,18H,7H2. The Balaban J connectivity index is 2.06. The zero-order chi connectivity index (χ0) is 13.1. The monoisotopic (exact) mass is 543 g/mol. The summed E-state index contributed by atoms with van der Waals surface area (Å²) in [5, 5.41) is 3.41. The van der Waals surface area contributed by atoms with Gasteiger partial charge in [-0.25, -0.2) is 0 Å². The molecule has 1 N–H and O–H groups in total. The van der Waals surface area contributed by atoms with E-state index in [2.05, 4.69) is 106 Å². The van der Waals surface area contributed by atoms with Crippen LogP contribution in [0.25, 0.3) is 0 Å². The van der Waals surface area contributed by atoms with Crippen molar-refractivity contribution in [2.75, 3.05) is 5.32 Å². The molecule has 2 rings (SSSR count). The second-order valence-electron chi connectivity index (χ2n) is 3.73. The molecule has 0 aromatic heterocycles. The van der Waals surface area contributed by atoms with Gasteiger partial charge in [-0.15, -0.1) is 0 Å². The van der Waals surface area contributed by atoms with Gasteiger partial charge in [-0.05, 0) is 106 Å². The van der Waals surface area contributed by atoms with Gasteiger partial charge >= 0.3 is 0 Å². The lowest BCUT2D eigenvalue weighted by atomic mass is 10.2. The second-order valence-corrected chi connectivity index (χ2v) is 7.46. The van der Waals surface area contributed by atoms with Gasteiger partial charge in [0.2, 0.25) is 0 Å². The van der Waals surface area contributed by atoms with Crippen molar-refractivity contribution in [3.8, 4) is 0 Å². The summed E-state index contributed by atoms with van der Waals surface area (Å²) in [6.45, 7) is 0.804. The fraction of sp³-hybridized carbons (Fsp3) is 0.0769. The molecule has 0 aliphatic carbocycles. The lowest BCUT2D eigenvalue weighted by Crippen LogP contribution is -1.99. The van der Waals surface area contributed by atoms with Crippen LogP contribution in [0, 0.1) is 3.57 Å². The molecule has 2 aromatic rings. The van der Waals surface area contributed by atoms with Crippen LogP contribution in [0.4, 0.5) is 5.69 Å². The van der Waals surface area contributed by atoms with Crippen molar-refractivity contribution in [1.29, 1.82) is 0 Å². The number of benzene rings is 2. The Labute approximate surface area is 145 Å². The molecule has 0 fully saturated rings. The minimum Gasteiger partial charge on any atom is -0.381 e. The summed E-state index contributed by atoms with van der Waals surface area (Å²) in [5.74, 6) is 0. The summed E-state index contributed by atoms with van der Waals surface area (Å²) < 4.78 is 4.48. The SMILES string of the molecule is Brc1ccc(CNc2ccc(I)c(Br)c2)cc1Br. The maximum Gasteiger partial charge on any atom is 0.0401 e. The van der Waals surface area contributed by atoms with Crippen LogP contribution in [0.3, 0.4) is 0 Å². The highest BCUT2D eigenvalue weighted by Gasteiger charge is 2.01. The lowest BCUT2D eigenvalue weighted by molar-refractivity contribution is 1.14. The number of hydrogen-bond donors (Lipinski definition) is 1. The van der Waals surface area contributed by atoms with Crippen LogP contribution in [0.5, 0.6) is 0 Å². The molecule has 0 saturated carbocycles. The van der Waals surface area contributed by atoms with E-state index in [0.29, 0.717) is 0 Å². The van der Waals surface area contributed by atoms with Crippen LogP contribution in [-0.4, -0.2) is 0 Å². The van der Waals surface area contributed by atoms with Gasteiger partial charge in [0.25, 0.3) is 0 Å². The van der Waals surface area contributed by atoms with Crippen molar-refractivity contribution < 1.29 is 0 Å². The van der Waals surface area contributed by atoms with Gasteiger partial charge in [-0.3, -0.25) is 0 Å². The van der Waals surface area contributed by atoms with E-state index < -0.39 is 0 Å². The average molecular weight is 546 g/mol. The van der Waals surface area contributed by atoms with Crippen LogP contribution in [-0.2, 0) is 6.54 Å². The van der Waals surface area contributed by atoms with Crippen LogP contribution in [0.1, 0.15) is 5.56 Å². The van der Waals surface area contributed by atoms with Crippen molar-refractivity contribution in [2.45, 2.75) is 6.54 Å². The largest absolute Gasteiger partial charge is 0.381 e. The predicted octanol–water partition coefficient (Wildman–Crippen LogP) is 6.19. The molecule has 1 nitrogen and oxygen atoms in total. The molecule has 2 aromatic carbocycles. The maximum atomic E-state index is 3.53. The molecule has 0 bridgehead atoms. The van der Waals surface area contributed by atoms with Crippen LogP contribution in [0.2, 0.25) is 0 Å². The Morgan fingerprint density at radius 3 is 2.33 bits per heavy atom. The molecule has 0 amide bonds. The summed E-state index contributed by atoms with van der Waals surface area (Å²) >= 11 is 12.8. The van der Waals surface area contributed by atoms with E-state index in [-0.39, 0.29) is 0 Å². The zero-order valence-corrected chi connectivity index (χ0v) is 16.1. The summed E-state index contributed by atoms with van der Waals surface area (Å²) in [5.41, 5.74) is 2.35. The van der Waals surface area contributed by atoms with E-state index in [1.54, 1.807) is 0 Å². The molecule has 94 valence electrons. The Bertz CT molecular complexity index is 521. The average Bonchev–Trinajstić information content (AvgIpc) is 2.35. The third kappa shape index (κ3) is 3.95. The van der Waals surface area contributed by atoms with Gasteiger partial charge < -0.3 is 5.32 Å². The molecule has 0 aliphatic rings. The number of halogens is 4. The summed E-state index contributed by atoms with van der Waals surface area (Å²) in [4.78, 5) is 0. The summed E-state index contributed by atoms with van der Waals surface area (Å²) in [6, 6.07) is 12.5. The van der Waals surface area contributed by atoms with E-state index >= 15 is 0 Å². The normalized spacial score (nSPS) is 10.4.